The molecule has 0 saturated carbocycles. The summed E-state index contributed by atoms with van der Waals surface area (Å²) < 4.78 is 13.3. The van der Waals surface area contributed by atoms with Gasteiger partial charge < -0.3 is 23.7 Å². The zero-order valence-corrected chi connectivity index (χ0v) is 16.6. The number of ether oxygens (including phenoxy) is 1. The molecule has 0 saturated heterocycles. The molecule has 7 nitrogen and oxygen atoms in total. The van der Waals surface area contributed by atoms with Crippen LogP contribution in [0.2, 0.25) is 0 Å². The van der Waals surface area contributed by atoms with Crippen molar-refractivity contribution >= 4 is 23.1 Å². The first-order valence-electron chi connectivity index (χ1n) is 9.74. The number of hydrogen-bond donors (Lipinski definition) is 1. The van der Waals surface area contributed by atoms with E-state index in [-0.39, 0.29) is 0 Å². The number of para-hydroxylation sites is 2. The minimum Gasteiger partial charge on any atom is -0.492 e. The lowest BCUT2D eigenvalue weighted by molar-refractivity contribution is -0.140. The molecule has 4 aromatic rings. The van der Waals surface area contributed by atoms with E-state index in [1.165, 1.54) is 0 Å². The molecule has 0 spiro atoms. The van der Waals surface area contributed by atoms with Gasteiger partial charge in [-0.15, -0.1) is 0 Å². The van der Waals surface area contributed by atoms with Gasteiger partial charge in [0.05, 0.1) is 6.54 Å². The van der Waals surface area contributed by atoms with Crippen LogP contribution in [0.25, 0.3) is 11.1 Å². The van der Waals surface area contributed by atoms with Crippen molar-refractivity contribution in [3.63, 3.8) is 0 Å². The zero-order valence-electron chi connectivity index (χ0n) is 16.6. The minimum atomic E-state index is -0.853. The number of carboxylic acids is 1. The molecule has 0 amide bonds. The fraction of sp³-hybridized carbons (Fsp3) is 0.217. The summed E-state index contributed by atoms with van der Waals surface area (Å²) in [5.41, 5.74) is 2.53. The van der Waals surface area contributed by atoms with E-state index >= 15 is 0 Å². The molecule has 0 radical (unpaired) electrons. The Labute approximate surface area is 174 Å². The Morgan fingerprint density at radius 3 is 2.57 bits per heavy atom. The number of oxazole rings is 1. The van der Waals surface area contributed by atoms with Gasteiger partial charge in [0.25, 0.3) is 6.01 Å². The molecule has 2 aromatic carbocycles. The smallest absolute Gasteiger partial charge is 0.327 e. The van der Waals surface area contributed by atoms with Gasteiger partial charge in [0.1, 0.15) is 23.9 Å². The normalized spacial score (nSPS) is 12.0. The number of rotatable bonds is 9. The van der Waals surface area contributed by atoms with Gasteiger partial charge >= 0.3 is 5.97 Å². The molecule has 2 aromatic heterocycles. The summed E-state index contributed by atoms with van der Waals surface area (Å²) in [6.07, 6.45) is 3.94. The Morgan fingerprint density at radius 1 is 1.13 bits per heavy atom. The Kier molecular flexibility index (Phi) is 5.70. The van der Waals surface area contributed by atoms with E-state index in [4.69, 9.17) is 9.15 Å². The van der Waals surface area contributed by atoms with E-state index in [1.807, 2.05) is 72.6 Å². The molecular weight excluding hydrogens is 382 g/mol. The first kappa shape index (κ1) is 19.6. The van der Waals surface area contributed by atoms with Crippen molar-refractivity contribution in [1.82, 2.24) is 9.55 Å². The van der Waals surface area contributed by atoms with Gasteiger partial charge in [0.2, 0.25) is 0 Å². The van der Waals surface area contributed by atoms with Crippen molar-refractivity contribution in [1.29, 1.82) is 0 Å². The molecule has 7 heteroatoms. The fourth-order valence-corrected chi connectivity index (χ4v) is 3.24. The van der Waals surface area contributed by atoms with Gasteiger partial charge in [-0.05, 0) is 42.0 Å². The number of anilines is 1. The zero-order chi connectivity index (χ0) is 20.9. The molecule has 1 unspecified atom stereocenters. The maximum atomic E-state index is 11.6. The van der Waals surface area contributed by atoms with Crippen molar-refractivity contribution in [3.05, 3.63) is 78.6 Å². The molecule has 0 aliphatic rings. The summed E-state index contributed by atoms with van der Waals surface area (Å²) in [4.78, 5) is 18.0. The Bertz CT molecular complexity index is 1070. The standard InChI is InChI=1S/C23H23N3O4/c1-25(23-24-19-6-2-3-7-21(19)30-23)14-15-29-18-10-8-17(9-11-18)16-20(22(27)28)26-12-4-5-13-26/h2-13,20H,14-16H2,1H3,(H,27,28). The van der Waals surface area contributed by atoms with E-state index < -0.39 is 12.0 Å². The summed E-state index contributed by atoms with van der Waals surface area (Å²) >= 11 is 0. The number of aromatic nitrogens is 2. The summed E-state index contributed by atoms with van der Waals surface area (Å²) in [6.45, 7) is 1.08. The third kappa shape index (κ3) is 4.46. The van der Waals surface area contributed by atoms with Crippen LogP contribution < -0.4 is 9.64 Å². The topological polar surface area (TPSA) is 80.7 Å². The van der Waals surface area contributed by atoms with Crippen molar-refractivity contribution in [2.45, 2.75) is 12.5 Å². The number of likely N-dealkylation sites (N-methyl/N-ethyl adjacent to an activating group) is 1. The molecule has 154 valence electrons. The second-order valence-corrected chi connectivity index (χ2v) is 7.07. The second-order valence-electron chi connectivity index (χ2n) is 7.07. The maximum absolute atomic E-state index is 11.6. The first-order chi connectivity index (χ1) is 14.6. The lowest BCUT2D eigenvalue weighted by Gasteiger charge is -2.16. The number of carbonyl (C=O) groups is 1. The number of aliphatic carboxylic acids is 1. The lowest BCUT2D eigenvalue weighted by Crippen LogP contribution is -2.24. The number of carboxylic acid groups (broad SMARTS) is 1. The quantitative estimate of drug-likeness (QED) is 0.453. The number of benzene rings is 2. The highest BCUT2D eigenvalue weighted by Gasteiger charge is 2.19. The van der Waals surface area contributed by atoms with Gasteiger partial charge in [-0.2, -0.15) is 4.98 Å². The van der Waals surface area contributed by atoms with E-state index in [0.717, 1.165) is 22.4 Å². The molecule has 0 aliphatic heterocycles. The van der Waals surface area contributed by atoms with E-state index in [2.05, 4.69) is 4.98 Å². The van der Waals surface area contributed by atoms with Crippen LogP contribution in [0, 0.1) is 0 Å². The van der Waals surface area contributed by atoms with Crippen LogP contribution in [0.1, 0.15) is 11.6 Å². The third-order valence-corrected chi connectivity index (χ3v) is 4.93. The third-order valence-electron chi connectivity index (χ3n) is 4.93. The maximum Gasteiger partial charge on any atom is 0.327 e. The second kappa shape index (κ2) is 8.73. The molecule has 2 heterocycles. The molecule has 1 N–H and O–H groups in total. The average Bonchev–Trinajstić information content (AvgIpc) is 3.42. The first-order valence-corrected chi connectivity index (χ1v) is 9.74. The average molecular weight is 405 g/mol. The summed E-state index contributed by atoms with van der Waals surface area (Å²) in [5.74, 6) is -0.119. The van der Waals surface area contributed by atoms with Crippen molar-refractivity contribution in [2.24, 2.45) is 0 Å². The number of fused-ring (bicyclic) bond motifs is 1. The molecule has 4 rings (SSSR count). The van der Waals surface area contributed by atoms with Crippen LogP contribution in [0.4, 0.5) is 6.01 Å². The summed E-state index contributed by atoms with van der Waals surface area (Å²) in [6, 6.07) is 18.8. The monoisotopic (exact) mass is 405 g/mol. The van der Waals surface area contributed by atoms with Crippen molar-refractivity contribution in [3.8, 4) is 5.75 Å². The van der Waals surface area contributed by atoms with Gasteiger partial charge in [-0.1, -0.05) is 24.3 Å². The highest BCUT2D eigenvalue weighted by atomic mass is 16.5. The largest absolute Gasteiger partial charge is 0.492 e. The molecule has 1 atom stereocenters. The van der Waals surface area contributed by atoms with Crippen LogP contribution in [0.5, 0.6) is 5.75 Å². The molecular formula is C23H23N3O4. The van der Waals surface area contributed by atoms with Crippen LogP contribution in [0.3, 0.4) is 0 Å². The minimum absolute atomic E-state index is 0.407. The van der Waals surface area contributed by atoms with Gasteiger partial charge in [-0.25, -0.2) is 4.79 Å². The Hall–Kier alpha value is -3.74. The van der Waals surface area contributed by atoms with Gasteiger partial charge in [0, 0.05) is 25.9 Å². The summed E-state index contributed by atoms with van der Waals surface area (Å²) in [5, 5.41) is 9.51. The highest BCUT2D eigenvalue weighted by Crippen LogP contribution is 2.21. The molecule has 0 bridgehead atoms. The predicted molar refractivity (Wildman–Crippen MR) is 114 cm³/mol. The van der Waals surface area contributed by atoms with Crippen molar-refractivity contribution in [2.75, 3.05) is 25.1 Å². The molecule has 0 aliphatic carbocycles. The highest BCUT2D eigenvalue weighted by molar-refractivity contribution is 5.74. The Morgan fingerprint density at radius 2 is 1.87 bits per heavy atom. The van der Waals surface area contributed by atoms with E-state index in [1.54, 1.807) is 17.0 Å². The van der Waals surface area contributed by atoms with Gasteiger partial charge in [-0.3, -0.25) is 0 Å². The predicted octanol–water partition coefficient (Wildman–Crippen LogP) is 4.01. The Balaban J connectivity index is 1.30. The molecule has 0 fully saturated rings. The van der Waals surface area contributed by atoms with Gasteiger partial charge in [0.15, 0.2) is 5.58 Å². The van der Waals surface area contributed by atoms with E-state index in [9.17, 15) is 9.90 Å². The fourth-order valence-electron chi connectivity index (χ4n) is 3.24. The van der Waals surface area contributed by atoms with E-state index in [0.29, 0.717) is 25.6 Å². The SMILES string of the molecule is CN(CCOc1ccc(CC(C(=O)O)n2cccc2)cc1)c1nc2ccccc2o1. The summed E-state index contributed by atoms with van der Waals surface area (Å²) in [7, 11) is 1.91. The van der Waals surface area contributed by atoms with Crippen LogP contribution in [0.15, 0.2) is 77.5 Å². The molecule has 30 heavy (non-hydrogen) atoms. The van der Waals surface area contributed by atoms with Crippen molar-refractivity contribution < 1.29 is 19.1 Å². The lowest BCUT2D eigenvalue weighted by atomic mass is 10.1. The number of nitrogens with zero attached hydrogens (tertiary/aromatic N) is 3. The van der Waals surface area contributed by atoms with Crippen LogP contribution >= 0.6 is 0 Å². The number of hydrogen-bond acceptors (Lipinski definition) is 5. The van der Waals surface area contributed by atoms with Crippen LogP contribution in [-0.2, 0) is 11.2 Å². The van der Waals surface area contributed by atoms with Crippen LogP contribution in [-0.4, -0.2) is 40.8 Å².